The van der Waals surface area contributed by atoms with E-state index < -0.39 is 17.7 Å². The molecule has 2 rings (SSSR count). The molecule has 21 heavy (non-hydrogen) atoms. The van der Waals surface area contributed by atoms with Crippen LogP contribution in [0.1, 0.15) is 31.2 Å². The molecular weight excluding hydrogens is 275 g/mol. The topological polar surface area (TPSA) is 90.2 Å². The van der Waals surface area contributed by atoms with Crippen molar-refractivity contribution >= 4 is 17.6 Å². The smallest absolute Gasteiger partial charge is 0.306 e. The van der Waals surface area contributed by atoms with Crippen molar-refractivity contribution in [2.75, 3.05) is 5.32 Å². The molecule has 1 saturated carbocycles. The van der Waals surface area contributed by atoms with Gasteiger partial charge in [-0.15, -0.1) is 0 Å². The number of nitriles is 1. The monoisotopic (exact) mass is 290 g/mol. The molecule has 2 unspecified atom stereocenters. The van der Waals surface area contributed by atoms with Gasteiger partial charge in [0, 0.05) is 11.6 Å². The Morgan fingerprint density at radius 1 is 1.33 bits per heavy atom. The molecule has 1 aromatic rings. The Morgan fingerprint density at radius 2 is 2.05 bits per heavy atom. The number of benzene rings is 1. The average Bonchev–Trinajstić information content (AvgIpc) is 2.49. The van der Waals surface area contributed by atoms with Crippen molar-refractivity contribution in [3.63, 3.8) is 0 Å². The van der Waals surface area contributed by atoms with Gasteiger partial charge in [0.1, 0.15) is 11.9 Å². The molecule has 0 spiro atoms. The minimum Gasteiger partial charge on any atom is -0.481 e. The van der Waals surface area contributed by atoms with E-state index in [2.05, 4.69) is 5.32 Å². The molecule has 2 N–H and O–H groups in total. The third-order valence-corrected chi connectivity index (χ3v) is 3.75. The third kappa shape index (κ3) is 3.57. The molecule has 2 atom stereocenters. The zero-order valence-electron chi connectivity index (χ0n) is 11.3. The van der Waals surface area contributed by atoms with Crippen molar-refractivity contribution in [2.24, 2.45) is 11.8 Å². The SMILES string of the molecule is N#Cc1cc(NC(=O)C2CCCC(C(=O)O)C2)ccc1F. The van der Waals surface area contributed by atoms with Crippen molar-refractivity contribution < 1.29 is 19.1 Å². The van der Waals surface area contributed by atoms with Gasteiger partial charge in [-0.25, -0.2) is 4.39 Å². The number of nitrogens with one attached hydrogen (secondary N) is 1. The fourth-order valence-corrected chi connectivity index (χ4v) is 2.59. The fourth-order valence-electron chi connectivity index (χ4n) is 2.59. The van der Waals surface area contributed by atoms with Gasteiger partial charge in [-0.2, -0.15) is 5.26 Å². The minimum atomic E-state index is -0.874. The average molecular weight is 290 g/mol. The molecule has 0 aromatic heterocycles. The molecule has 1 fully saturated rings. The van der Waals surface area contributed by atoms with Crippen LogP contribution in [0.3, 0.4) is 0 Å². The van der Waals surface area contributed by atoms with E-state index in [9.17, 15) is 14.0 Å². The summed E-state index contributed by atoms with van der Waals surface area (Å²) in [6.45, 7) is 0. The van der Waals surface area contributed by atoms with Crippen molar-refractivity contribution in [1.29, 1.82) is 5.26 Å². The van der Waals surface area contributed by atoms with Crippen molar-refractivity contribution in [3.05, 3.63) is 29.6 Å². The molecule has 1 amide bonds. The third-order valence-electron chi connectivity index (χ3n) is 3.75. The van der Waals surface area contributed by atoms with E-state index in [1.807, 2.05) is 0 Å². The second-order valence-corrected chi connectivity index (χ2v) is 5.19. The number of anilines is 1. The summed E-state index contributed by atoms with van der Waals surface area (Å²) in [5, 5.41) is 20.4. The molecule has 0 aliphatic heterocycles. The Morgan fingerprint density at radius 3 is 2.71 bits per heavy atom. The number of rotatable bonds is 3. The Kier molecular flexibility index (Phi) is 4.53. The van der Waals surface area contributed by atoms with Crippen LogP contribution in [0, 0.1) is 29.0 Å². The van der Waals surface area contributed by atoms with Crippen molar-refractivity contribution in [2.45, 2.75) is 25.7 Å². The molecule has 0 radical (unpaired) electrons. The summed E-state index contributed by atoms with van der Waals surface area (Å²) in [7, 11) is 0. The summed E-state index contributed by atoms with van der Waals surface area (Å²) in [5.41, 5.74) is 0.204. The van der Waals surface area contributed by atoms with Crippen LogP contribution >= 0.6 is 0 Å². The summed E-state index contributed by atoms with van der Waals surface area (Å²) in [4.78, 5) is 23.1. The number of amides is 1. The lowest BCUT2D eigenvalue weighted by atomic mass is 9.81. The van der Waals surface area contributed by atoms with E-state index >= 15 is 0 Å². The number of carbonyl (C=O) groups excluding carboxylic acids is 1. The van der Waals surface area contributed by atoms with Crippen LogP contribution in [0.15, 0.2) is 18.2 Å². The van der Waals surface area contributed by atoms with E-state index in [1.54, 1.807) is 6.07 Å². The highest BCUT2D eigenvalue weighted by atomic mass is 19.1. The van der Waals surface area contributed by atoms with Gasteiger partial charge in [0.15, 0.2) is 0 Å². The maximum absolute atomic E-state index is 13.2. The summed E-state index contributed by atoms with van der Waals surface area (Å²) < 4.78 is 13.2. The first-order valence-electron chi connectivity index (χ1n) is 6.74. The lowest BCUT2D eigenvalue weighted by Gasteiger charge is -2.25. The van der Waals surface area contributed by atoms with E-state index in [1.165, 1.54) is 12.1 Å². The van der Waals surface area contributed by atoms with Gasteiger partial charge in [-0.1, -0.05) is 6.42 Å². The number of carboxylic acid groups (broad SMARTS) is 1. The van der Waals surface area contributed by atoms with Crippen LogP contribution in [-0.4, -0.2) is 17.0 Å². The quantitative estimate of drug-likeness (QED) is 0.895. The van der Waals surface area contributed by atoms with Gasteiger partial charge in [0.05, 0.1) is 11.5 Å². The lowest BCUT2D eigenvalue weighted by Crippen LogP contribution is -2.30. The second-order valence-electron chi connectivity index (χ2n) is 5.19. The predicted molar refractivity (Wildman–Crippen MR) is 72.8 cm³/mol. The summed E-state index contributed by atoms with van der Waals surface area (Å²) in [6.07, 6.45) is 2.24. The highest BCUT2D eigenvalue weighted by Gasteiger charge is 2.31. The summed E-state index contributed by atoms with van der Waals surface area (Å²) in [5.74, 6) is -2.65. The minimum absolute atomic E-state index is 0.139. The molecule has 0 bridgehead atoms. The Labute approximate surface area is 121 Å². The zero-order chi connectivity index (χ0) is 15.4. The fraction of sp³-hybridized carbons (Fsp3) is 0.400. The number of hydrogen-bond donors (Lipinski definition) is 2. The van der Waals surface area contributed by atoms with Crippen LogP contribution in [0.4, 0.5) is 10.1 Å². The first-order chi connectivity index (χ1) is 10.0. The maximum Gasteiger partial charge on any atom is 0.306 e. The summed E-state index contributed by atoms with van der Waals surface area (Å²) in [6, 6.07) is 5.48. The molecule has 0 heterocycles. The highest BCUT2D eigenvalue weighted by molar-refractivity contribution is 5.93. The second kappa shape index (κ2) is 6.35. The largest absolute Gasteiger partial charge is 0.481 e. The highest BCUT2D eigenvalue weighted by Crippen LogP contribution is 2.30. The first kappa shape index (κ1) is 15.0. The van der Waals surface area contributed by atoms with Gasteiger partial charge in [-0.3, -0.25) is 9.59 Å². The van der Waals surface area contributed by atoms with Crippen LogP contribution in [0.2, 0.25) is 0 Å². The normalized spacial score (nSPS) is 21.3. The van der Waals surface area contributed by atoms with Gasteiger partial charge < -0.3 is 10.4 Å². The van der Waals surface area contributed by atoms with Crippen molar-refractivity contribution in [1.82, 2.24) is 0 Å². The molecular formula is C15H15FN2O3. The van der Waals surface area contributed by atoms with Gasteiger partial charge in [0.25, 0.3) is 0 Å². The first-order valence-corrected chi connectivity index (χ1v) is 6.74. The Hall–Kier alpha value is -2.42. The maximum atomic E-state index is 13.2. The van der Waals surface area contributed by atoms with Gasteiger partial charge >= 0.3 is 5.97 Å². The van der Waals surface area contributed by atoms with Gasteiger partial charge in [-0.05, 0) is 37.5 Å². The van der Waals surface area contributed by atoms with E-state index in [0.717, 1.165) is 6.07 Å². The van der Waals surface area contributed by atoms with Crippen molar-refractivity contribution in [3.8, 4) is 6.07 Å². The molecule has 6 heteroatoms. The van der Waals surface area contributed by atoms with Crippen LogP contribution in [-0.2, 0) is 9.59 Å². The van der Waals surface area contributed by atoms with Crippen LogP contribution in [0.25, 0.3) is 0 Å². The van der Waals surface area contributed by atoms with E-state index in [4.69, 9.17) is 10.4 Å². The number of hydrogen-bond acceptors (Lipinski definition) is 3. The number of nitrogens with zero attached hydrogens (tertiary/aromatic N) is 1. The summed E-state index contributed by atoms with van der Waals surface area (Å²) >= 11 is 0. The Balaban J connectivity index is 2.04. The van der Waals surface area contributed by atoms with Crippen LogP contribution < -0.4 is 5.32 Å². The molecule has 1 aliphatic carbocycles. The standard InChI is InChI=1S/C15H15FN2O3/c16-13-5-4-12(7-11(13)8-17)18-14(19)9-2-1-3-10(6-9)15(20)21/h4-5,7,9-10H,1-3,6H2,(H,18,19)(H,20,21). The Bertz CT molecular complexity index is 609. The van der Waals surface area contributed by atoms with Gasteiger partial charge in [0.2, 0.25) is 5.91 Å². The number of carbonyl (C=O) groups is 2. The predicted octanol–water partition coefficient (Wildman–Crippen LogP) is 2.53. The number of aliphatic carboxylic acids is 1. The number of halogens is 1. The van der Waals surface area contributed by atoms with E-state index in [0.29, 0.717) is 31.4 Å². The number of carboxylic acids is 1. The molecule has 110 valence electrons. The zero-order valence-corrected chi connectivity index (χ0v) is 11.3. The molecule has 5 nitrogen and oxygen atoms in total. The molecule has 0 saturated heterocycles. The van der Waals surface area contributed by atoms with Crippen LogP contribution in [0.5, 0.6) is 0 Å². The molecule has 1 aliphatic rings. The van der Waals surface area contributed by atoms with E-state index in [-0.39, 0.29) is 17.4 Å². The lowest BCUT2D eigenvalue weighted by molar-refractivity contribution is -0.143. The molecule has 1 aromatic carbocycles.